The second-order valence-corrected chi connectivity index (χ2v) is 10.4. The molecule has 3 rings (SSSR count). The second kappa shape index (κ2) is 8.28. The molecule has 34 heavy (non-hydrogen) atoms. The van der Waals surface area contributed by atoms with Crippen LogP contribution < -0.4 is 0 Å². The molecule has 0 bridgehead atoms. The van der Waals surface area contributed by atoms with E-state index in [1.165, 1.54) is 0 Å². The predicted octanol–water partition coefficient (Wildman–Crippen LogP) is 4.64. The lowest BCUT2D eigenvalue weighted by molar-refractivity contribution is -0.135. The van der Waals surface area contributed by atoms with Crippen LogP contribution in [-0.2, 0) is 26.2 Å². The molecule has 5 amide bonds. The molecule has 9 heteroatoms. The maximum atomic E-state index is 14.0. The number of imide groups is 4. The smallest absolute Gasteiger partial charge is 0.425 e. The van der Waals surface area contributed by atoms with Crippen molar-refractivity contribution < 1.29 is 28.7 Å². The Hall–Kier alpha value is -3.67. The fraction of sp³-hybridized carbons (Fsp3) is 0.480. The Morgan fingerprint density at radius 3 is 2.26 bits per heavy atom. The number of ether oxygens (including phenoxy) is 2. The highest BCUT2D eigenvalue weighted by Gasteiger charge is 2.69. The molecule has 1 saturated heterocycles. The van der Waals surface area contributed by atoms with E-state index >= 15 is 0 Å². The Kier molecular flexibility index (Phi) is 6.08. The quantitative estimate of drug-likeness (QED) is 0.459. The molecule has 1 aliphatic heterocycles. The van der Waals surface area contributed by atoms with Gasteiger partial charge in [0, 0.05) is 5.92 Å². The maximum absolute atomic E-state index is 14.0. The third-order valence-corrected chi connectivity index (χ3v) is 5.62. The van der Waals surface area contributed by atoms with Gasteiger partial charge in [-0.3, -0.25) is 4.79 Å². The third-order valence-electron chi connectivity index (χ3n) is 5.62. The Labute approximate surface area is 198 Å². The van der Waals surface area contributed by atoms with Crippen LogP contribution in [0.3, 0.4) is 0 Å². The highest BCUT2D eigenvalue weighted by Crippen LogP contribution is 2.53. The summed E-state index contributed by atoms with van der Waals surface area (Å²) in [7, 11) is 0. The number of allylic oxidation sites excluding steroid dienone is 1. The average molecular weight is 468 g/mol. The summed E-state index contributed by atoms with van der Waals surface area (Å²) in [5, 5.41) is 9.65. The number of fused-ring (bicyclic) bond motifs is 2. The van der Waals surface area contributed by atoms with Crippen molar-refractivity contribution in [2.75, 3.05) is 0 Å². The van der Waals surface area contributed by atoms with Gasteiger partial charge < -0.3 is 9.47 Å². The summed E-state index contributed by atoms with van der Waals surface area (Å²) < 4.78 is 10.8. The van der Waals surface area contributed by atoms with Crippen molar-refractivity contribution in [3.05, 3.63) is 47.5 Å². The molecule has 0 N–H and O–H groups in total. The predicted molar refractivity (Wildman–Crippen MR) is 121 cm³/mol. The van der Waals surface area contributed by atoms with E-state index in [0.717, 1.165) is 0 Å². The molecule has 1 heterocycles. The summed E-state index contributed by atoms with van der Waals surface area (Å²) in [5.74, 6) is -1.58. The van der Waals surface area contributed by atoms with Crippen LogP contribution in [0, 0.1) is 17.2 Å². The molecule has 2 atom stereocenters. The van der Waals surface area contributed by atoms with Crippen molar-refractivity contribution >= 4 is 24.1 Å². The zero-order valence-corrected chi connectivity index (χ0v) is 20.3. The first kappa shape index (κ1) is 25.0. The number of hydrogen-bond acceptors (Lipinski definition) is 7. The average Bonchev–Trinajstić information content (AvgIpc) is 3.12. The molecule has 180 valence electrons. The number of hydrogen-bond donors (Lipinski definition) is 0. The molecule has 1 aromatic carbocycles. The van der Waals surface area contributed by atoms with E-state index in [0.29, 0.717) is 26.5 Å². The van der Waals surface area contributed by atoms with E-state index in [1.807, 2.05) is 0 Å². The van der Waals surface area contributed by atoms with E-state index in [1.54, 1.807) is 65.8 Å². The number of amides is 5. The molecule has 0 saturated carbocycles. The van der Waals surface area contributed by atoms with Gasteiger partial charge in [-0.2, -0.15) is 10.2 Å². The Morgan fingerprint density at radius 1 is 1.15 bits per heavy atom. The van der Waals surface area contributed by atoms with Gasteiger partial charge in [-0.25, -0.2) is 19.3 Å². The molecular weight excluding hydrogens is 438 g/mol. The molecule has 9 nitrogen and oxygen atoms in total. The molecule has 1 spiro atoms. The minimum atomic E-state index is -1.88. The van der Waals surface area contributed by atoms with Gasteiger partial charge in [-0.05, 0) is 71.6 Å². The summed E-state index contributed by atoms with van der Waals surface area (Å²) in [6.45, 7) is 13.4. The van der Waals surface area contributed by atoms with Gasteiger partial charge >= 0.3 is 18.2 Å². The maximum Gasteiger partial charge on any atom is 0.425 e. The Morgan fingerprint density at radius 2 is 1.74 bits per heavy atom. The molecule has 2 aliphatic rings. The van der Waals surface area contributed by atoms with Crippen molar-refractivity contribution in [3.63, 3.8) is 0 Å². The molecule has 0 radical (unpaired) electrons. The second-order valence-electron chi connectivity index (χ2n) is 10.4. The lowest BCUT2D eigenvalue weighted by Gasteiger charge is -2.36. The van der Waals surface area contributed by atoms with Crippen LogP contribution >= 0.6 is 0 Å². The Balaban J connectivity index is 2.30. The van der Waals surface area contributed by atoms with Crippen LogP contribution in [-0.4, -0.2) is 45.1 Å². The summed E-state index contributed by atoms with van der Waals surface area (Å²) in [6, 6.07) is 5.74. The van der Waals surface area contributed by atoms with Crippen molar-refractivity contribution in [2.45, 2.75) is 71.1 Å². The minimum absolute atomic E-state index is 0.228. The largest absolute Gasteiger partial charge is 0.443 e. The van der Waals surface area contributed by atoms with E-state index in [9.17, 15) is 24.4 Å². The van der Waals surface area contributed by atoms with E-state index in [-0.39, 0.29) is 12.8 Å². The van der Waals surface area contributed by atoms with E-state index in [4.69, 9.17) is 9.47 Å². The van der Waals surface area contributed by atoms with Crippen LogP contribution in [0.1, 0.15) is 64.7 Å². The third kappa shape index (κ3) is 3.94. The molecule has 0 aromatic heterocycles. The van der Waals surface area contributed by atoms with Crippen LogP contribution in [0.5, 0.6) is 0 Å². The first-order valence-electron chi connectivity index (χ1n) is 11.0. The molecule has 1 fully saturated rings. The van der Waals surface area contributed by atoms with Crippen LogP contribution in [0.15, 0.2) is 30.9 Å². The molecule has 1 aromatic rings. The number of nitriles is 1. The topological polar surface area (TPSA) is 117 Å². The Bertz CT molecular complexity index is 1120. The van der Waals surface area contributed by atoms with Crippen LogP contribution in [0.2, 0.25) is 0 Å². The fourth-order valence-electron chi connectivity index (χ4n) is 4.53. The summed E-state index contributed by atoms with van der Waals surface area (Å²) in [4.78, 5) is 55.1. The number of nitrogens with zero attached hydrogens (tertiary/aromatic N) is 3. The first-order valence-corrected chi connectivity index (χ1v) is 11.0. The number of benzene rings is 1. The van der Waals surface area contributed by atoms with Crippen molar-refractivity contribution in [3.8, 4) is 6.07 Å². The SMILES string of the molecule is C=CC[C@H]1Cc2c(C#N)cccc2[C@@]12C(=O)N(C(=O)OC(C)(C)C)C(=O)N2C(=O)OC(C)(C)C. The van der Waals surface area contributed by atoms with E-state index < -0.39 is 46.8 Å². The summed E-state index contributed by atoms with van der Waals surface area (Å²) in [5.41, 5.74) is -2.68. The lowest BCUT2D eigenvalue weighted by atomic mass is 9.80. The highest BCUT2D eigenvalue weighted by atomic mass is 16.6. The zero-order valence-electron chi connectivity index (χ0n) is 20.3. The first-order chi connectivity index (χ1) is 15.7. The molecule has 1 aliphatic carbocycles. The summed E-state index contributed by atoms with van der Waals surface area (Å²) in [6.07, 6.45) is -0.215. The molecule has 0 unspecified atom stereocenters. The van der Waals surface area contributed by atoms with Crippen LogP contribution in [0.4, 0.5) is 14.4 Å². The number of rotatable bonds is 2. The van der Waals surface area contributed by atoms with Gasteiger partial charge in [0.05, 0.1) is 11.6 Å². The number of carbonyl (C=O) groups excluding carboxylic acids is 4. The van der Waals surface area contributed by atoms with Crippen molar-refractivity contribution in [2.24, 2.45) is 5.92 Å². The van der Waals surface area contributed by atoms with Gasteiger partial charge in [-0.15, -0.1) is 6.58 Å². The van der Waals surface area contributed by atoms with Gasteiger partial charge in [0.15, 0.2) is 5.54 Å². The number of urea groups is 1. The van der Waals surface area contributed by atoms with E-state index in [2.05, 4.69) is 12.6 Å². The van der Waals surface area contributed by atoms with Crippen LogP contribution in [0.25, 0.3) is 0 Å². The fourth-order valence-corrected chi connectivity index (χ4v) is 4.53. The van der Waals surface area contributed by atoms with Crippen molar-refractivity contribution in [1.29, 1.82) is 5.26 Å². The monoisotopic (exact) mass is 467 g/mol. The summed E-state index contributed by atoms with van der Waals surface area (Å²) >= 11 is 0. The standard InChI is InChI=1S/C25H29N3O6/c1-8-10-16-13-17-15(14-26)11-9-12-18(17)25(16)19(29)27(21(31)33-23(2,3)4)20(30)28(25)22(32)34-24(5,6)7/h8-9,11-12,16H,1,10,13H2,2-7H3/t16-,25+/m0/s1. The minimum Gasteiger partial charge on any atom is -0.443 e. The van der Waals surface area contributed by atoms with Gasteiger partial charge in [0.2, 0.25) is 0 Å². The van der Waals surface area contributed by atoms with Crippen molar-refractivity contribution in [1.82, 2.24) is 9.80 Å². The molecular formula is C25H29N3O6. The highest BCUT2D eigenvalue weighted by molar-refractivity contribution is 6.21. The number of carbonyl (C=O) groups is 4. The normalized spacial score (nSPS) is 22.0. The van der Waals surface area contributed by atoms with Gasteiger partial charge in [0.1, 0.15) is 11.2 Å². The van der Waals surface area contributed by atoms with Gasteiger partial charge in [-0.1, -0.05) is 18.2 Å². The lowest BCUT2D eigenvalue weighted by Crippen LogP contribution is -2.54. The van der Waals surface area contributed by atoms with Gasteiger partial charge in [0.25, 0.3) is 5.91 Å². The zero-order chi connectivity index (χ0) is 25.6.